The van der Waals surface area contributed by atoms with Crippen molar-refractivity contribution in [2.75, 3.05) is 0 Å². The molecule has 0 saturated carbocycles. The second-order valence-electron chi connectivity index (χ2n) is 10.1. The van der Waals surface area contributed by atoms with Crippen molar-refractivity contribution >= 4 is 29.2 Å². The molecule has 0 amide bonds. The van der Waals surface area contributed by atoms with E-state index in [1.807, 2.05) is 50.5 Å². The maximum Gasteiger partial charge on any atom is 0.309 e. The van der Waals surface area contributed by atoms with Gasteiger partial charge in [-0.1, -0.05) is 51.5 Å². The Morgan fingerprint density at radius 1 is 1.29 bits per heavy atom. The van der Waals surface area contributed by atoms with Gasteiger partial charge >= 0.3 is 5.97 Å². The van der Waals surface area contributed by atoms with E-state index < -0.39 is 35.6 Å². The van der Waals surface area contributed by atoms with Crippen LogP contribution in [0.3, 0.4) is 0 Å². The Morgan fingerprint density at radius 3 is 2.60 bits per heavy atom. The summed E-state index contributed by atoms with van der Waals surface area (Å²) < 4.78 is 5.77. The molecule has 194 valence electrons. The van der Waals surface area contributed by atoms with Crippen molar-refractivity contribution in [3.8, 4) is 0 Å². The fourth-order valence-electron chi connectivity index (χ4n) is 4.07. The number of ether oxygens (including phenoxy) is 1. The molecule has 0 bridgehead atoms. The van der Waals surface area contributed by atoms with E-state index in [9.17, 15) is 24.9 Å². The molecular formula is C27H39NO6S. The average molecular weight is 506 g/mol. The van der Waals surface area contributed by atoms with Gasteiger partial charge in [-0.15, -0.1) is 11.3 Å². The Hall–Kier alpha value is -2.13. The molecular weight excluding hydrogens is 466 g/mol. The van der Waals surface area contributed by atoms with Gasteiger partial charge < -0.3 is 20.1 Å². The first-order valence-electron chi connectivity index (χ1n) is 12.0. The van der Waals surface area contributed by atoms with E-state index >= 15 is 0 Å². The predicted molar refractivity (Wildman–Crippen MR) is 137 cm³/mol. The fourth-order valence-corrected chi connectivity index (χ4v) is 4.68. The highest BCUT2D eigenvalue weighted by molar-refractivity contribution is 7.09. The zero-order chi connectivity index (χ0) is 26.3. The van der Waals surface area contributed by atoms with Crippen molar-refractivity contribution in [1.82, 2.24) is 4.98 Å². The van der Waals surface area contributed by atoms with Gasteiger partial charge in [-0.3, -0.25) is 9.59 Å². The van der Waals surface area contributed by atoms with Crippen LogP contribution in [-0.4, -0.2) is 50.4 Å². The number of hydrogen-bond acceptors (Lipinski definition) is 8. The van der Waals surface area contributed by atoms with Gasteiger partial charge in [0.25, 0.3) is 0 Å². The number of rotatable bonds is 3. The molecule has 2 rings (SSSR count). The number of allylic oxidation sites excluding steroid dienone is 2. The monoisotopic (exact) mass is 505 g/mol. The number of Topliss-reactive ketones (excluding diaryl/α,β-unsaturated/α-hetero) is 1. The Kier molecular flexibility index (Phi) is 10.6. The fraction of sp³-hybridized carbons (Fsp3) is 0.593. The molecule has 1 aliphatic rings. The lowest BCUT2D eigenvalue weighted by Gasteiger charge is -2.34. The Labute approximate surface area is 212 Å². The number of carbonyl (C=O) groups excluding carboxylic acids is 2. The summed E-state index contributed by atoms with van der Waals surface area (Å²) in [6.45, 7) is 10.4. The number of ketones is 1. The molecule has 0 aliphatic carbocycles. The molecule has 35 heavy (non-hydrogen) atoms. The van der Waals surface area contributed by atoms with Crippen LogP contribution in [-0.2, 0) is 20.9 Å². The van der Waals surface area contributed by atoms with Gasteiger partial charge in [-0.05, 0) is 31.9 Å². The van der Waals surface area contributed by atoms with Crippen LogP contribution in [0.5, 0.6) is 0 Å². The molecule has 7 nitrogen and oxygen atoms in total. The maximum absolute atomic E-state index is 13.1. The van der Waals surface area contributed by atoms with E-state index in [2.05, 4.69) is 4.98 Å². The summed E-state index contributed by atoms with van der Waals surface area (Å²) in [5.74, 6) is -1.86. The summed E-state index contributed by atoms with van der Waals surface area (Å²) >= 11 is 1.35. The minimum atomic E-state index is -1.26. The van der Waals surface area contributed by atoms with Crippen LogP contribution in [0.15, 0.2) is 34.8 Å². The standard InChI is InChI=1S/C27H39NO6S/c1-16-8-7-9-17(2)25(32)19(4)26(33)27(5,6)22(30)13-24(31)34-21(11-10-16)18(3)12-20-15-35-23(14-29)28-20/h7,9-10,12,15,17,19,21-22,25,29-30,32H,8,11,13-14H2,1-6H3/b9-7+,16-10-,18-12+/t17?,19?,21?,22-,25-/m0/s1. The lowest BCUT2D eigenvalue weighted by molar-refractivity contribution is -0.154. The topological polar surface area (TPSA) is 117 Å². The van der Waals surface area contributed by atoms with Crippen LogP contribution in [0, 0.1) is 17.3 Å². The Bertz CT molecular complexity index is 976. The molecule has 8 heteroatoms. The van der Waals surface area contributed by atoms with Gasteiger partial charge in [0, 0.05) is 23.6 Å². The summed E-state index contributed by atoms with van der Waals surface area (Å²) in [6, 6.07) is 0. The molecule has 5 atom stereocenters. The van der Waals surface area contributed by atoms with E-state index in [4.69, 9.17) is 4.74 Å². The zero-order valence-electron chi connectivity index (χ0n) is 21.5. The van der Waals surface area contributed by atoms with Gasteiger partial charge in [-0.25, -0.2) is 4.98 Å². The van der Waals surface area contributed by atoms with E-state index in [0.29, 0.717) is 23.5 Å². The molecule has 0 saturated heterocycles. The van der Waals surface area contributed by atoms with Crippen molar-refractivity contribution in [3.63, 3.8) is 0 Å². The summed E-state index contributed by atoms with van der Waals surface area (Å²) in [5, 5.41) is 33.2. The van der Waals surface area contributed by atoms with E-state index in [1.165, 1.54) is 11.3 Å². The zero-order valence-corrected chi connectivity index (χ0v) is 22.3. The minimum Gasteiger partial charge on any atom is -0.457 e. The summed E-state index contributed by atoms with van der Waals surface area (Å²) in [6.07, 6.45) is 5.75. The largest absolute Gasteiger partial charge is 0.457 e. The molecule has 0 aromatic carbocycles. The smallest absolute Gasteiger partial charge is 0.309 e. The highest BCUT2D eigenvalue weighted by Crippen LogP contribution is 2.31. The van der Waals surface area contributed by atoms with Crippen LogP contribution < -0.4 is 0 Å². The number of cyclic esters (lactones) is 1. The number of thiazole rings is 1. The first-order chi connectivity index (χ1) is 16.4. The van der Waals surface area contributed by atoms with Gasteiger partial charge in [0.15, 0.2) is 0 Å². The minimum absolute atomic E-state index is 0.133. The number of esters is 1. The number of aromatic nitrogens is 1. The van der Waals surface area contributed by atoms with E-state index in [-0.39, 0.29) is 24.7 Å². The lowest BCUT2D eigenvalue weighted by atomic mass is 9.73. The number of aliphatic hydroxyl groups excluding tert-OH is 3. The quantitative estimate of drug-likeness (QED) is 0.416. The number of carbonyl (C=O) groups is 2. The molecule has 1 aliphatic heterocycles. The summed E-state index contributed by atoms with van der Waals surface area (Å²) in [4.78, 5) is 30.3. The van der Waals surface area contributed by atoms with Crippen molar-refractivity contribution in [1.29, 1.82) is 0 Å². The van der Waals surface area contributed by atoms with Gasteiger partial charge in [0.05, 0.1) is 36.3 Å². The van der Waals surface area contributed by atoms with Crippen LogP contribution in [0.25, 0.3) is 6.08 Å². The van der Waals surface area contributed by atoms with Gasteiger partial charge in [0.1, 0.15) is 16.9 Å². The molecule has 3 N–H and O–H groups in total. The third-order valence-electron chi connectivity index (χ3n) is 6.71. The SMILES string of the molecule is C/C1=C/CC(/C(C)=C/c2csc(CO)n2)OC(=O)C[C@H](O)C(C)(C)C(=O)C(C)[C@@H](O)C(C)/C=C/C1. The third-order valence-corrected chi connectivity index (χ3v) is 7.57. The molecule has 1 aromatic rings. The first kappa shape index (κ1) is 29.1. The highest BCUT2D eigenvalue weighted by Gasteiger charge is 2.42. The van der Waals surface area contributed by atoms with Crippen molar-refractivity contribution in [2.24, 2.45) is 17.3 Å². The van der Waals surface area contributed by atoms with Crippen LogP contribution in [0.1, 0.15) is 71.5 Å². The second kappa shape index (κ2) is 12.7. The summed E-state index contributed by atoms with van der Waals surface area (Å²) in [7, 11) is 0. The van der Waals surface area contributed by atoms with Gasteiger partial charge in [0.2, 0.25) is 0 Å². The van der Waals surface area contributed by atoms with Crippen molar-refractivity contribution < 1.29 is 29.6 Å². The van der Waals surface area contributed by atoms with E-state index in [0.717, 1.165) is 11.1 Å². The predicted octanol–water partition coefficient (Wildman–Crippen LogP) is 4.23. The molecule has 0 radical (unpaired) electrons. The molecule has 2 heterocycles. The summed E-state index contributed by atoms with van der Waals surface area (Å²) in [5.41, 5.74) is 1.30. The number of aliphatic hydroxyl groups is 3. The van der Waals surface area contributed by atoms with Crippen LogP contribution >= 0.6 is 11.3 Å². The van der Waals surface area contributed by atoms with Crippen LogP contribution in [0.2, 0.25) is 0 Å². The van der Waals surface area contributed by atoms with Crippen LogP contribution in [0.4, 0.5) is 0 Å². The molecule has 1 aromatic heterocycles. The number of nitrogens with zero attached hydrogens (tertiary/aromatic N) is 1. The van der Waals surface area contributed by atoms with E-state index in [1.54, 1.807) is 20.8 Å². The molecule has 3 unspecified atom stereocenters. The van der Waals surface area contributed by atoms with Crippen molar-refractivity contribution in [2.45, 2.75) is 85.7 Å². The average Bonchev–Trinajstić information content (AvgIpc) is 3.26. The third kappa shape index (κ3) is 7.93. The number of hydrogen-bond donors (Lipinski definition) is 3. The first-order valence-corrected chi connectivity index (χ1v) is 12.9. The van der Waals surface area contributed by atoms with Crippen molar-refractivity contribution in [3.05, 3.63) is 45.5 Å². The molecule has 0 fully saturated rings. The highest BCUT2D eigenvalue weighted by atomic mass is 32.1. The Morgan fingerprint density at radius 2 is 1.97 bits per heavy atom. The Balaban J connectivity index is 2.37. The maximum atomic E-state index is 13.1. The second-order valence-corrected chi connectivity index (χ2v) is 11.0. The van der Waals surface area contributed by atoms with Gasteiger partial charge in [-0.2, -0.15) is 0 Å². The molecule has 0 spiro atoms. The normalized spacial score (nSPS) is 32.0. The lowest BCUT2D eigenvalue weighted by Crippen LogP contribution is -2.45.